The highest BCUT2D eigenvalue weighted by molar-refractivity contribution is 9.10. The van der Waals surface area contributed by atoms with Crippen molar-refractivity contribution in [3.05, 3.63) is 68.5 Å². The third-order valence-electron chi connectivity index (χ3n) is 4.14. The average Bonchev–Trinajstić information content (AvgIpc) is 2.96. The monoisotopic (exact) mass is 496 g/mol. The van der Waals surface area contributed by atoms with Crippen LogP contribution in [0.1, 0.15) is 11.1 Å². The number of benzene rings is 2. The molecule has 0 unspecified atom stereocenters. The van der Waals surface area contributed by atoms with Crippen LogP contribution in [0.3, 0.4) is 0 Å². The third-order valence-corrected chi connectivity index (χ3v) is 5.01. The zero-order valence-electron chi connectivity index (χ0n) is 15.6. The molecule has 2 aromatic carbocycles. The van der Waals surface area contributed by atoms with Gasteiger partial charge in [-0.1, -0.05) is 29.8 Å². The summed E-state index contributed by atoms with van der Waals surface area (Å²) in [6.07, 6.45) is 1.43. The van der Waals surface area contributed by atoms with E-state index in [2.05, 4.69) is 26.0 Å². The van der Waals surface area contributed by atoms with Crippen LogP contribution in [0.15, 0.2) is 46.6 Å². The minimum Gasteiger partial charge on any atom is -0.479 e. The SMILES string of the molecule is COC(=O)COc1c(Cl)cc(C=C2NC(=O)N(Cc3ccccc3F)C2=O)cc1Br. The van der Waals surface area contributed by atoms with E-state index in [-0.39, 0.29) is 35.2 Å². The fourth-order valence-electron chi connectivity index (χ4n) is 2.67. The van der Waals surface area contributed by atoms with E-state index in [1.54, 1.807) is 12.1 Å². The molecule has 0 aliphatic carbocycles. The van der Waals surface area contributed by atoms with E-state index in [1.165, 1.54) is 37.5 Å². The summed E-state index contributed by atoms with van der Waals surface area (Å²) in [7, 11) is 1.24. The Morgan fingerprint density at radius 2 is 2.03 bits per heavy atom. The van der Waals surface area contributed by atoms with E-state index >= 15 is 0 Å². The summed E-state index contributed by atoms with van der Waals surface area (Å²) < 4.78 is 24.1. The van der Waals surface area contributed by atoms with Crippen molar-refractivity contribution in [3.63, 3.8) is 0 Å². The molecule has 3 amide bonds. The molecule has 1 aliphatic rings. The van der Waals surface area contributed by atoms with Crippen molar-refractivity contribution >= 4 is 51.5 Å². The topological polar surface area (TPSA) is 84.9 Å². The van der Waals surface area contributed by atoms with Crippen molar-refractivity contribution in [3.8, 4) is 5.75 Å². The van der Waals surface area contributed by atoms with E-state index in [1.807, 2.05) is 0 Å². The van der Waals surface area contributed by atoms with Gasteiger partial charge in [0, 0.05) is 5.56 Å². The number of hydrogen-bond donors (Lipinski definition) is 1. The van der Waals surface area contributed by atoms with Gasteiger partial charge in [0.2, 0.25) is 0 Å². The van der Waals surface area contributed by atoms with Crippen LogP contribution in [-0.4, -0.2) is 36.5 Å². The lowest BCUT2D eigenvalue weighted by Crippen LogP contribution is -2.30. The smallest absolute Gasteiger partial charge is 0.343 e. The fourth-order valence-corrected chi connectivity index (χ4v) is 3.66. The molecule has 30 heavy (non-hydrogen) atoms. The number of nitrogens with one attached hydrogen (secondary N) is 1. The molecule has 0 spiro atoms. The molecule has 7 nitrogen and oxygen atoms in total. The molecule has 10 heteroatoms. The lowest BCUT2D eigenvalue weighted by Gasteiger charge is -2.12. The Hall–Kier alpha value is -2.91. The number of imide groups is 1. The summed E-state index contributed by atoms with van der Waals surface area (Å²) in [5.74, 6) is -1.44. The highest BCUT2D eigenvalue weighted by Crippen LogP contribution is 2.35. The molecule has 0 bridgehead atoms. The Balaban J connectivity index is 1.80. The van der Waals surface area contributed by atoms with Crippen LogP contribution in [0, 0.1) is 5.82 Å². The molecule has 0 aromatic heterocycles. The number of rotatable bonds is 6. The second kappa shape index (κ2) is 9.27. The molecule has 1 heterocycles. The fraction of sp³-hybridized carbons (Fsp3) is 0.150. The maximum atomic E-state index is 13.9. The summed E-state index contributed by atoms with van der Waals surface area (Å²) in [5, 5.41) is 2.65. The molecule has 156 valence electrons. The lowest BCUT2D eigenvalue weighted by molar-refractivity contribution is -0.142. The van der Waals surface area contributed by atoms with Crippen molar-refractivity contribution in [2.75, 3.05) is 13.7 Å². The third kappa shape index (κ3) is 4.80. The summed E-state index contributed by atoms with van der Waals surface area (Å²) in [5.41, 5.74) is 0.733. The van der Waals surface area contributed by atoms with E-state index in [0.29, 0.717) is 10.0 Å². The minimum absolute atomic E-state index is 0.0162. The first kappa shape index (κ1) is 21.8. The van der Waals surface area contributed by atoms with E-state index in [9.17, 15) is 18.8 Å². The number of ether oxygens (including phenoxy) is 2. The molecule has 1 aliphatic heterocycles. The Labute approximate surface area is 184 Å². The number of amides is 3. The van der Waals surface area contributed by atoms with Crippen molar-refractivity contribution in [1.82, 2.24) is 10.2 Å². The Bertz CT molecular complexity index is 1040. The second-order valence-corrected chi connectivity index (χ2v) is 7.41. The van der Waals surface area contributed by atoms with Crippen LogP contribution < -0.4 is 10.1 Å². The zero-order valence-corrected chi connectivity index (χ0v) is 17.9. The highest BCUT2D eigenvalue weighted by atomic mass is 79.9. The van der Waals surface area contributed by atoms with Gasteiger partial charge < -0.3 is 14.8 Å². The van der Waals surface area contributed by atoms with Crippen LogP contribution in [0.25, 0.3) is 6.08 Å². The second-order valence-electron chi connectivity index (χ2n) is 6.15. The normalized spacial score (nSPS) is 14.8. The number of carbonyl (C=O) groups excluding carboxylic acids is 3. The summed E-state index contributed by atoms with van der Waals surface area (Å²) in [4.78, 5) is 37.0. The quantitative estimate of drug-likeness (QED) is 0.372. The van der Waals surface area contributed by atoms with Crippen molar-refractivity contribution in [1.29, 1.82) is 0 Å². The first-order valence-electron chi connectivity index (χ1n) is 8.56. The summed E-state index contributed by atoms with van der Waals surface area (Å²) in [6.45, 7) is -0.520. The summed E-state index contributed by atoms with van der Waals surface area (Å²) >= 11 is 9.50. The maximum Gasteiger partial charge on any atom is 0.343 e. The number of nitrogens with zero attached hydrogens (tertiary/aromatic N) is 1. The molecule has 0 radical (unpaired) electrons. The van der Waals surface area contributed by atoms with E-state index in [0.717, 1.165) is 4.90 Å². The molecule has 1 saturated heterocycles. The molecular formula is C20H15BrClFN2O5. The maximum absolute atomic E-state index is 13.9. The van der Waals surface area contributed by atoms with Crippen LogP contribution in [0.5, 0.6) is 5.75 Å². The Morgan fingerprint density at radius 1 is 1.30 bits per heavy atom. The van der Waals surface area contributed by atoms with Gasteiger partial charge in [-0.15, -0.1) is 0 Å². The van der Waals surface area contributed by atoms with Crippen LogP contribution in [0.2, 0.25) is 5.02 Å². The first-order chi connectivity index (χ1) is 14.3. The van der Waals surface area contributed by atoms with Gasteiger partial charge in [0.1, 0.15) is 11.5 Å². The zero-order chi connectivity index (χ0) is 21.8. The van der Waals surface area contributed by atoms with Gasteiger partial charge in [-0.25, -0.2) is 14.0 Å². The predicted molar refractivity (Wildman–Crippen MR) is 110 cm³/mol. The molecule has 3 rings (SSSR count). The lowest BCUT2D eigenvalue weighted by atomic mass is 10.1. The van der Waals surface area contributed by atoms with Crippen LogP contribution >= 0.6 is 27.5 Å². The largest absolute Gasteiger partial charge is 0.479 e. The van der Waals surface area contributed by atoms with Gasteiger partial charge in [0.15, 0.2) is 12.4 Å². The van der Waals surface area contributed by atoms with E-state index < -0.39 is 23.7 Å². The average molecular weight is 498 g/mol. The predicted octanol–water partition coefficient (Wildman–Crippen LogP) is 3.89. The molecular weight excluding hydrogens is 483 g/mol. The van der Waals surface area contributed by atoms with Gasteiger partial charge in [-0.2, -0.15) is 0 Å². The summed E-state index contributed by atoms with van der Waals surface area (Å²) in [6, 6.07) is 8.36. The van der Waals surface area contributed by atoms with Crippen molar-refractivity contribution in [2.45, 2.75) is 6.54 Å². The van der Waals surface area contributed by atoms with Gasteiger partial charge >= 0.3 is 12.0 Å². The van der Waals surface area contributed by atoms with Gasteiger partial charge in [-0.05, 0) is 45.8 Å². The number of carbonyl (C=O) groups is 3. The van der Waals surface area contributed by atoms with Crippen molar-refractivity contribution < 1.29 is 28.2 Å². The van der Waals surface area contributed by atoms with Crippen LogP contribution in [-0.2, 0) is 20.9 Å². The highest BCUT2D eigenvalue weighted by Gasteiger charge is 2.34. The number of hydrogen-bond acceptors (Lipinski definition) is 5. The van der Waals surface area contributed by atoms with Crippen LogP contribution in [0.4, 0.5) is 9.18 Å². The van der Waals surface area contributed by atoms with Gasteiger partial charge in [0.05, 0.1) is 23.1 Å². The number of esters is 1. The molecule has 2 aromatic rings. The minimum atomic E-state index is -0.655. The molecule has 0 atom stereocenters. The van der Waals surface area contributed by atoms with Gasteiger partial charge in [0.25, 0.3) is 5.91 Å². The molecule has 1 fully saturated rings. The number of methoxy groups -OCH3 is 1. The number of halogens is 3. The first-order valence-corrected chi connectivity index (χ1v) is 9.74. The Kier molecular flexibility index (Phi) is 6.73. The van der Waals surface area contributed by atoms with Crippen molar-refractivity contribution in [2.24, 2.45) is 0 Å². The standard InChI is InChI=1S/C20H15BrClFN2O5/c1-29-17(26)10-30-18-13(21)6-11(7-14(18)22)8-16-19(27)25(20(28)24-16)9-12-4-2-3-5-15(12)23/h2-8H,9-10H2,1H3,(H,24,28). The molecule has 1 N–H and O–H groups in total. The Morgan fingerprint density at radius 3 is 2.70 bits per heavy atom. The molecule has 0 saturated carbocycles. The van der Waals surface area contributed by atoms with Gasteiger partial charge in [-0.3, -0.25) is 9.69 Å². The number of urea groups is 1. The van der Waals surface area contributed by atoms with E-state index in [4.69, 9.17) is 16.3 Å².